The number of anilines is 1. The molecule has 1 aliphatic rings. The van der Waals surface area contributed by atoms with Crippen molar-refractivity contribution in [2.45, 2.75) is 19.5 Å². The molecule has 1 fully saturated rings. The first-order valence-corrected chi connectivity index (χ1v) is 10.3. The Labute approximate surface area is 177 Å². The van der Waals surface area contributed by atoms with E-state index in [0.717, 1.165) is 36.7 Å². The van der Waals surface area contributed by atoms with Gasteiger partial charge in [-0.2, -0.15) is 5.10 Å². The van der Waals surface area contributed by atoms with Crippen LogP contribution in [0.3, 0.4) is 0 Å². The number of pyridine rings is 1. The Morgan fingerprint density at radius 1 is 1.20 bits per heavy atom. The molecule has 0 saturated carbocycles. The fourth-order valence-electron chi connectivity index (χ4n) is 3.91. The summed E-state index contributed by atoms with van der Waals surface area (Å²) in [4.78, 5) is 21.6. The average molecular weight is 405 g/mol. The van der Waals surface area contributed by atoms with E-state index in [1.54, 1.807) is 22.7 Å². The van der Waals surface area contributed by atoms with E-state index >= 15 is 0 Å². The number of amides is 1. The maximum Gasteiger partial charge on any atom is 0.272 e. The molecule has 2 aromatic heterocycles. The van der Waals surface area contributed by atoms with Gasteiger partial charge >= 0.3 is 0 Å². The summed E-state index contributed by atoms with van der Waals surface area (Å²) in [5, 5.41) is 7.93. The first-order chi connectivity index (χ1) is 14.5. The van der Waals surface area contributed by atoms with E-state index in [1.165, 1.54) is 5.56 Å². The van der Waals surface area contributed by atoms with Crippen LogP contribution < -0.4 is 10.2 Å². The van der Waals surface area contributed by atoms with Crippen molar-refractivity contribution in [1.82, 2.24) is 25.0 Å². The van der Waals surface area contributed by atoms with Gasteiger partial charge in [-0.25, -0.2) is 4.98 Å². The molecule has 1 amide bonds. The molecular formula is C23H28N6O. The van der Waals surface area contributed by atoms with Crippen LogP contribution in [0, 0.1) is 6.92 Å². The Morgan fingerprint density at radius 3 is 2.73 bits per heavy atom. The third kappa shape index (κ3) is 4.36. The van der Waals surface area contributed by atoms with Gasteiger partial charge in [-0.1, -0.05) is 36.4 Å². The predicted octanol–water partition coefficient (Wildman–Crippen LogP) is 2.55. The number of benzene rings is 1. The van der Waals surface area contributed by atoms with E-state index in [-0.39, 0.29) is 11.9 Å². The van der Waals surface area contributed by atoms with Crippen molar-refractivity contribution in [1.29, 1.82) is 0 Å². The summed E-state index contributed by atoms with van der Waals surface area (Å²) in [7, 11) is 3.69. The summed E-state index contributed by atoms with van der Waals surface area (Å²) in [6, 6.07) is 16.4. The first-order valence-electron chi connectivity index (χ1n) is 10.3. The maximum absolute atomic E-state index is 13.0. The Bertz CT molecular complexity index is 1020. The minimum absolute atomic E-state index is 0.0881. The number of aromatic nitrogens is 3. The molecule has 1 aromatic carbocycles. The van der Waals surface area contributed by atoms with Gasteiger partial charge in [-0.05, 0) is 24.6 Å². The number of hydrogen-bond acceptors (Lipinski definition) is 5. The summed E-state index contributed by atoms with van der Waals surface area (Å²) in [5.74, 6) is 0.754. The van der Waals surface area contributed by atoms with Crippen LogP contribution in [0.25, 0.3) is 0 Å². The predicted molar refractivity (Wildman–Crippen MR) is 117 cm³/mol. The molecule has 1 atom stereocenters. The van der Waals surface area contributed by atoms with E-state index in [1.807, 2.05) is 38.4 Å². The molecule has 30 heavy (non-hydrogen) atoms. The fraction of sp³-hybridized carbons (Fsp3) is 0.348. The molecule has 7 nitrogen and oxygen atoms in total. The third-order valence-corrected chi connectivity index (χ3v) is 5.52. The second-order valence-corrected chi connectivity index (χ2v) is 7.82. The van der Waals surface area contributed by atoms with Crippen LogP contribution >= 0.6 is 0 Å². The summed E-state index contributed by atoms with van der Waals surface area (Å²) in [6.07, 6.45) is 1.95. The monoisotopic (exact) mass is 404 g/mol. The van der Waals surface area contributed by atoms with E-state index in [0.29, 0.717) is 12.2 Å². The number of piperazine rings is 1. The zero-order valence-electron chi connectivity index (χ0n) is 17.7. The number of carbonyl (C=O) groups is 1. The lowest BCUT2D eigenvalue weighted by Gasteiger charge is -2.35. The third-order valence-electron chi connectivity index (χ3n) is 5.52. The van der Waals surface area contributed by atoms with E-state index < -0.39 is 0 Å². The molecule has 7 heteroatoms. The minimum atomic E-state index is -0.0881. The van der Waals surface area contributed by atoms with E-state index in [9.17, 15) is 4.79 Å². The van der Waals surface area contributed by atoms with Crippen molar-refractivity contribution in [3.63, 3.8) is 0 Å². The minimum Gasteiger partial charge on any atom is -0.353 e. The highest BCUT2D eigenvalue weighted by atomic mass is 16.2. The van der Waals surface area contributed by atoms with Crippen molar-refractivity contribution in [2.75, 3.05) is 31.6 Å². The highest BCUT2D eigenvalue weighted by Crippen LogP contribution is 2.22. The number of carbonyl (C=O) groups excluding carboxylic acids is 1. The number of aryl methyl sites for hydroxylation is 2. The lowest BCUT2D eigenvalue weighted by molar-refractivity contribution is 0.0779. The van der Waals surface area contributed by atoms with Crippen LogP contribution in [0.15, 0.2) is 54.7 Å². The lowest BCUT2D eigenvalue weighted by atomic mass is 10.0. The topological polar surface area (TPSA) is 66.3 Å². The first kappa shape index (κ1) is 20.1. The van der Waals surface area contributed by atoms with Crippen LogP contribution in [0.1, 0.15) is 33.4 Å². The number of nitrogens with zero attached hydrogens (tertiary/aromatic N) is 5. The Hall–Kier alpha value is -3.19. The van der Waals surface area contributed by atoms with Crippen LogP contribution in [0.2, 0.25) is 0 Å². The van der Waals surface area contributed by atoms with Gasteiger partial charge < -0.3 is 15.1 Å². The molecule has 3 aromatic rings. The Balaban J connectivity index is 1.48. The molecule has 156 valence electrons. The van der Waals surface area contributed by atoms with Crippen LogP contribution in [-0.2, 0) is 13.6 Å². The van der Waals surface area contributed by atoms with Crippen molar-refractivity contribution in [3.8, 4) is 0 Å². The summed E-state index contributed by atoms with van der Waals surface area (Å²) >= 11 is 0. The van der Waals surface area contributed by atoms with Gasteiger partial charge in [-0.3, -0.25) is 9.48 Å². The molecule has 1 aliphatic heterocycles. The quantitative estimate of drug-likeness (QED) is 0.708. The molecule has 3 heterocycles. The molecule has 0 radical (unpaired) electrons. The van der Waals surface area contributed by atoms with Gasteiger partial charge in [0.2, 0.25) is 0 Å². The summed E-state index contributed by atoms with van der Waals surface area (Å²) in [5.41, 5.74) is 3.70. The summed E-state index contributed by atoms with van der Waals surface area (Å²) < 4.78 is 1.77. The molecule has 0 bridgehead atoms. The number of nitrogens with one attached hydrogen (secondary N) is 1. The smallest absolute Gasteiger partial charge is 0.272 e. The number of rotatable bonds is 5. The van der Waals surface area contributed by atoms with Crippen LogP contribution in [0.4, 0.5) is 5.82 Å². The van der Waals surface area contributed by atoms with E-state index in [2.05, 4.69) is 39.6 Å². The van der Waals surface area contributed by atoms with Crippen LogP contribution in [-0.4, -0.2) is 52.3 Å². The molecule has 0 spiro atoms. The molecule has 1 N–H and O–H groups in total. The molecule has 1 saturated heterocycles. The zero-order valence-corrected chi connectivity index (χ0v) is 17.7. The molecular weight excluding hydrogens is 376 g/mol. The van der Waals surface area contributed by atoms with Gasteiger partial charge in [0, 0.05) is 58.1 Å². The van der Waals surface area contributed by atoms with Gasteiger partial charge in [0.1, 0.15) is 11.5 Å². The lowest BCUT2D eigenvalue weighted by Crippen LogP contribution is -2.46. The van der Waals surface area contributed by atoms with Crippen molar-refractivity contribution in [3.05, 3.63) is 77.2 Å². The van der Waals surface area contributed by atoms with Gasteiger partial charge in [-0.15, -0.1) is 0 Å². The fourth-order valence-corrected chi connectivity index (χ4v) is 3.91. The standard InChI is InChI=1S/C23H28N6O/c1-17-19(15-28(3)26-17)14-27(2)23(30)20-10-7-11-22(25-20)29-13-12-24-21(16-29)18-8-5-4-6-9-18/h4-11,15,21,24H,12-14,16H2,1-3H3/t21-/m1/s1. The molecule has 0 unspecified atom stereocenters. The van der Waals surface area contributed by atoms with Crippen molar-refractivity contribution in [2.24, 2.45) is 7.05 Å². The van der Waals surface area contributed by atoms with E-state index in [4.69, 9.17) is 4.98 Å². The Kier molecular flexibility index (Phi) is 5.81. The van der Waals surface area contributed by atoms with Gasteiger partial charge in [0.05, 0.1) is 5.69 Å². The highest BCUT2D eigenvalue weighted by molar-refractivity contribution is 5.92. The van der Waals surface area contributed by atoms with Gasteiger partial charge in [0.15, 0.2) is 0 Å². The second kappa shape index (κ2) is 8.67. The molecule has 0 aliphatic carbocycles. The second-order valence-electron chi connectivity index (χ2n) is 7.82. The largest absolute Gasteiger partial charge is 0.353 e. The Morgan fingerprint density at radius 2 is 2.00 bits per heavy atom. The van der Waals surface area contributed by atoms with Crippen molar-refractivity contribution >= 4 is 11.7 Å². The van der Waals surface area contributed by atoms with Crippen LogP contribution in [0.5, 0.6) is 0 Å². The van der Waals surface area contributed by atoms with Gasteiger partial charge in [0.25, 0.3) is 5.91 Å². The van der Waals surface area contributed by atoms with Crippen molar-refractivity contribution < 1.29 is 4.79 Å². The summed E-state index contributed by atoms with van der Waals surface area (Å²) in [6.45, 7) is 5.02. The SMILES string of the molecule is Cc1nn(C)cc1CN(C)C(=O)c1cccc(N2CCN[C@@H](c3ccccc3)C2)n1. The average Bonchev–Trinajstić information content (AvgIpc) is 3.10. The zero-order chi connectivity index (χ0) is 21.1. The number of hydrogen-bond donors (Lipinski definition) is 1. The highest BCUT2D eigenvalue weighted by Gasteiger charge is 2.23. The maximum atomic E-state index is 13.0. The molecule has 4 rings (SSSR count). The normalized spacial score (nSPS) is 16.5.